The first kappa shape index (κ1) is 4.85. The molecular formula is C6H13N. The van der Waals surface area contributed by atoms with Crippen molar-refractivity contribution in [3.8, 4) is 0 Å². The van der Waals surface area contributed by atoms with Crippen LogP contribution in [0.1, 0.15) is 14.3 Å². The van der Waals surface area contributed by atoms with Crippen molar-refractivity contribution >= 4 is 0 Å². The van der Waals surface area contributed by atoms with Crippen LogP contribution in [0.15, 0.2) is 12.2 Å². The minimum atomic E-state index is 0. The van der Waals surface area contributed by atoms with Crippen molar-refractivity contribution in [3.05, 3.63) is 12.2 Å². The first-order valence-corrected chi connectivity index (χ1v) is 2.86. The molecule has 1 rings (SSSR count). The first-order chi connectivity index (χ1) is 3.50. The Morgan fingerprint density at radius 1 is 1.14 bits per heavy atom. The third kappa shape index (κ3) is 1.74. The minimum absolute atomic E-state index is 0. The minimum Gasteiger partial charge on any atom is -0.316 e. The lowest BCUT2D eigenvalue weighted by molar-refractivity contribution is 0.716. The second kappa shape index (κ2) is 2.80. The van der Waals surface area contributed by atoms with Gasteiger partial charge in [0.15, 0.2) is 0 Å². The highest BCUT2D eigenvalue weighted by Crippen LogP contribution is 1.89. The Labute approximate surface area is 45.9 Å². The van der Waals surface area contributed by atoms with E-state index in [1.165, 1.54) is 12.8 Å². The molecule has 0 saturated heterocycles. The van der Waals surface area contributed by atoms with Crippen molar-refractivity contribution in [2.75, 3.05) is 13.1 Å². The van der Waals surface area contributed by atoms with Crippen LogP contribution in [0.4, 0.5) is 0 Å². The van der Waals surface area contributed by atoms with Gasteiger partial charge in [-0.05, 0) is 25.9 Å². The van der Waals surface area contributed by atoms with Crippen LogP contribution in [-0.2, 0) is 0 Å². The van der Waals surface area contributed by atoms with Crippen molar-refractivity contribution in [3.63, 3.8) is 0 Å². The average molecular weight is 99.2 g/mol. The molecule has 0 aromatic carbocycles. The van der Waals surface area contributed by atoms with E-state index in [2.05, 4.69) is 17.5 Å². The van der Waals surface area contributed by atoms with E-state index in [0.717, 1.165) is 13.1 Å². The summed E-state index contributed by atoms with van der Waals surface area (Å²) in [5.41, 5.74) is 0. The van der Waals surface area contributed by atoms with Gasteiger partial charge in [-0.2, -0.15) is 0 Å². The quantitative estimate of drug-likeness (QED) is 0.449. The Hall–Kier alpha value is -0.300. The molecular weight excluding hydrogens is 86.1 g/mol. The van der Waals surface area contributed by atoms with Gasteiger partial charge in [-0.25, -0.2) is 0 Å². The van der Waals surface area contributed by atoms with Crippen molar-refractivity contribution in [1.82, 2.24) is 5.32 Å². The molecule has 0 fully saturated rings. The summed E-state index contributed by atoms with van der Waals surface area (Å²) in [5.74, 6) is 0. The molecule has 0 bridgehead atoms. The molecule has 0 aromatic heterocycles. The molecule has 0 atom stereocenters. The molecule has 1 aliphatic rings. The van der Waals surface area contributed by atoms with Gasteiger partial charge < -0.3 is 5.32 Å². The molecule has 0 spiro atoms. The van der Waals surface area contributed by atoms with E-state index in [1.807, 2.05) is 0 Å². The second-order valence-electron chi connectivity index (χ2n) is 1.80. The summed E-state index contributed by atoms with van der Waals surface area (Å²) in [5, 5.41) is 3.28. The van der Waals surface area contributed by atoms with Gasteiger partial charge in [0.05, 0.1) is 0 Å². The summed E-state index contributed by atoms with van der Waals surface area (Å²) in [6.07, 6.45) is 6.89. The van der Waals surface area contributed by atoms with E-state index in [0.29, 0.717) is 0 Å². The zero-order valence-corrected chi connectivity index (χ0v) is 4.48. The first-order valence-electron chi connectivity index (χ1n) is 2.86. The van der Waals surface area contributed by atoms with Crippen molar-refractivity contribution in [2.24, 2.45) is 0 Å². The second-order valence-corrected chi connectivity index (χ2v) is 1.80. The molecule has 0 unspecified atom stereocenters. The Bertz CT molecular complexity index is 62.9. The summed E-state index contributed by atoms with van der Waals surface area (Å²) in [7, 11) is 0. The molecule has 0 radical (unpaired) electrons. The average Bonchev–Trinajstić information content (AvgIpc) is 1.90. The monoisotopic (exact) mass is 99.1 g/mol. The van der Waals surface area contributed by atoms with E-state index in [4.69, 9.17) is 0 Å². The Morgan fingerprint density at radius 2 is 1.71 bits per heavy atom. The molecule has 42 valence electrons. The van der Waals surface area contributed by atoms with E-state index >= 15 is 0 Å². The molecule has 0 amide bonds. The normalized spacial score (nSPS) is 21.7. The maximum Gasteiger partial charge on any atom is 0 e. The topological polar surface area (TPSA) is 12.0 Å². The van der Waals surface area contributed by atoms with E-state index < -0.39 is 0 Å². The lowest BCUT2D eigenvalue weighted by atomic mass is 10.4. The van der Waals surface area contributed by atoms with Gasteiger partial charge in [-0.3, -0.25) is 0 Å². The maximum absolute atomic E-state index is 3.28. The largest absolute Gasteiger partial charge is 0.316 e. The third-order valence-electron chi connectivity index (χ3n) is 1.14. The van der Waals surface area contributed by atoms with E-state index in [1.54, 1.807) is 0 Å². The highest BCUT2D eigenvalue weighted by Gasteiger charge is 1.86. The van der Waals surface area contributed by atoms with Gasteiger partial charge in [0.25, 0.3) is 0 Å². The Morgan fingerprint density at radius 3 is 2.29 bits per heavy atom. The fourth-order valence-electron chi connectivity index (χ4n) is 0.731. The van der Waals surface area contributed by atoms with Gasteiger partial charge in [-0.15, -0.1) is 0 Å². The zero-order valence-electron chi connectivity index (χ0n) is 4.48. The van der Waals surface area contributed by atoms with Crippen LogP contribution in [0.3, 0.4) is 0 Å². The Balaban J connectivity index is 0.000000490. The summed E-state index contributed by atoms with van der Waals surface area (Å²) in [6.45, 7) is 2.33. The molecule has 0 aromatic rings. The summed E-state index contributed by atoms with van der Waals surface area (Å²) >= 11 is 0. The predicted octanol–water partition coefficient (Wildman–Crippen LogP) is 1.17. The van der Waals surface area contributed by atoms with Crippen molar-refractivity contribution in [1.29, 1.82) is 0 Å². The fourth-order valence-corrected chi connectivity index (χ4v) is 0.731. The van der Waals surface area contributed by atoms with Crippen LogP contribution in [0, 0.1) is 0 Å². The number of hydrogen-bond donors (Lipinski definition) is 1. The molecule has 7 heavy (non-hydrogen) atoms. The van der Waals surface area contributed by atoms with Crippen LogP contribution < -0.4 is 5.32 Å². The maximum atomic E-state index is 3.28. The van der Waals surface area contributed by atoms with Gasteiger partial charge >= 0.3 is 0 Å². The summed E-state index contributed by atoms with van der Waals surface area (Å²) in [4.78, 5) is 0. The fraction of sp³-hybridized carbons (Fsp3) is 0.667. The summed E-state index contributed by atoms with van der Waals surface area (Å²) in [6, 6.07) is 0. The Kier molecular flexibility index (Phi) is 1.94. The van der Waals surface area contributed by atoms with E-state index in [-0.39, 0.29) is 1.43 Å². The third-order valence-corrected chi connectivity index (χ3v) is 1.14. The SMILES string of the molecule is C1=CCCNCC1.[HH]. The van der Waals surface area contributed by atoms with Crippen molar-refractivity contribution in [2.45, 2.75) is 12.8 Å². The lowest BCUT2D eigenvalue weighted by Gasteiger charge is -1.92. The van der Waals surface area contributed by atoms with Crippen LogP contribution in [0.2, 0.25) is 0 Å². The van der Waals surface area contributed by atoms with Crippen LogP contribution in [-0.4, -0.2) is 13.1 Å². The smallest absolute Gasteiger partial charge is 0 e. The standard InChI is InChI=1S/C6H11N.H2/c1-2-4-6-7-5-3-1;/h1-2,7H,3-6H2;1H. The molecule has 0 aliphatic carbocycles. The molecule has 1 nitrogen and oxygen atoms in total. The van der Waals surface area contributed by atoms with Gasteiger partial charge in [0, 0.05) is 1.43 Å². The number of hydrogen-bond acceptors (Lipinski definition) is 1. The molecule has 1 heterocycles. The van der Waals surface area contributed by atoms with Crippen LogP contribution in [0.5, 0.6) is 0 Å². The number of nitrogens with one attached hydrogen (secondary N) is 1. The van der Waals surface area contributed by atoms with Gasteiger partial charge in [0.1, 0.15) is 0 Å². The molecule has 1 N–H and O–H groups in total. The zero-order chi connectivity index (χ0) is 4.95. The van der Waals surface area contributed by atoms with E-state index in [9.17, 15) is 0 Å². The number of rotatable bonds is 0. The van der Waals surface area contributed by atoms with Crippen molar-refractivity contribution < 1.29 is 1.43 Å². The molecule has 0 saturated carbocycles. The summed E-state index contributed by atoms with van der Waals surface area (Å²) < 4.78 is 0. The van der Waals surface area contributed by atoms with Gasteiger partial charge in [-0.1, -0.05) is 12.2 Å². The molecule has 1 heteroatoms. The lowest BCUT2D eigenvalue weighted by Crippen LogP contribution is -2.13. The molecule has 1 aliphatic heterocycles. The van der Waals surface area contributed by atoms with Crippen LogP contribution >= 0.6 is 0 Å². The highest BCUT2D eigenvalue weighted by atomic mass is 14.8. The van der Waals surface area contributed by atoms with Gasteiger partial charge in [0.2, 0.25) is 0 Å². The predicted molar refractivity (Wildman–Crippen MR) is 33.4 cm³/mol. The highest BCUT2D eigenvalue weighted by molar-refractivity contribution is 4.85. The van der Waals surface area contributed by atoms with Crippen LogP contribution in [0.25, 0.3) is 0 Å².